The molecule has 0 fully saturated rings. The van der Waals surface area contributed by atoms with Gasteiger partial charge in [0.1, 0.15) is 0 Å². The highest BCUT2D eigenvalue weighted by molar-refractivity contribution is 5.75. The van der Waals surface area contributed by atoms with Crippen LogP contribution in [-0.4, -0.2) is 26.2 Å². The molecule has 1 aromatic rings. The van der Waals surface area contributed by atoms with Gasteiger partial charge >= 0.3 is 0 Å². The molecule has 0 aliphatic heterocycles. The highest BCUT2D eigenvalue weighted by Crippen LogP contribution is 2.25. The van der Waals surface area contributed by atoms with Gasteiger partial charge in [-0.2, -0.15) is 0 Å². The van der Waals surface area contributed by atoms with E-state index in [0.29, 0.717) is 31.1 Å². The molecule has 0 bridgehead atoms. The van der Waals surface area contributed by atoms with Crippen LogP contribution in [0.15, 0.2) is 24.3 Å². The predicted molar refractivity (Wildman–Crippen MR) is 61.8 cm³/mol. The number of amides is 1. The lowest BCUT2D eigenvalue weighted by atomic mass is 10.3. The van der Waals surface area contributed by atoms with E-state index in [1.165, 1.54) is 0 Å². The molecule has 1 aromatic carbocycles. The maximum atomic E-state index is 11.2. The van der Waals surface area contributed by atoms with Crippen LogP contribution < -0.4 is 14.8 Å². The Labute approximate surface area is 95.6 Å². The van der Waals surface area contributed by atoms with Crippen molar-refractivity contribution in [1.29, 1.82) is 0 Å². The second-order valence-corrected chi connectivity index (χ2v) is 3.20. The Morgan fingerprint density at radius 3 is 2.62 bits per heavy atom. The predicted octanol–water partition coefficient (Wildman–Crippen LogP) is 1.60. The van der Waals surface area contributed by atoms with Crippen LogP contribution in [-0.2, 0) is 4.79 Å². The molecule has 1 rings (SSSR count). The summed E-state index contributed by atoms with van der Waals surface area (Å²) in [7, 11) is 1.59. The molecule has 0 aliphatic carbocycles. The Kier molecular flexibility index (Phi) is 5.19. The lowest BCUT2D eigenvalue weighted by Crippen LogP contribution is -2.24. The second kappa shape index (κ2) is 6.71. The highest BCUT2D eigenvalue weighted by Gasteiger charge is 2.04. The molecule has 0 heterocycles. The molecule has 1 amide bonds. The van der Waals surface area contributed by atoms with Crippen molar-refractivity contribution in [1.82, 2.24) is 5.32 Å². The summed E-state index contributed by atoms with van der Waals surface area (Å²) in [5.74, 6) is 1.34. The Bertz CT molecular complexity index is 339. The summed E-state index contributed by atoms with van der Waals surface area (Å²) in [4.78, 5) is 11.2. The third-order valence-corrected chi connectivity index (χ3v) is 2.03. The molecular weight excluding hydrogens is 206 g/mol. The molecule has 0 spiro atoms. The average molecular weight is 223 g/mol. The molecule has 88 valence electrons. The standard InChI is InChI=1S/C12H17NO3/c1-3-13-12(14)8-9-16-11-7-5-4-6-10(11)15-2/h4-7H,3,8-9H2,1-2H3,(H,13,14). The first-order chi connectivity index (χ1) is 7.77. The molecule has 4 nitrogen and oxygen atoms in total. The van der Waals surface area contributed by atoms with Crippen LogP contribution in [0.25, 0.3) is 0 Å². The second-order valence-electron chi connectivity index (χ2n) is 3.20. The quantitative estimate of drug-likeness (QED) is 0.796. The largest absolute Gasteiger partial charge is 0.493 e. The van der Waals surface area contributed by atoms with Gasteiger partial charge in [-0.1, -0.05) is 12.1 Å². The lowest BCUT2D eigenvalue weighted by molar-refractivity contribution is -0.121. The van der Waals surface area contributed by atoms with Gasteiger partial charge in [-0.05, 0) is 19.1 Å². The summed E-state index contributed by atoms with van der Waals surface area (Å²) >= 11 is 0. The summed E-state index contributed by atoms with van der Waals surface area (Å²) in [6, 6.07) is 7.37. The van der Waals surface area contributed by atoms with Crippen molar-refractivity contribution < 1.29 is 14.3 Å². The van der Waals surface area contributed by atoms with Crippen molar-refractivity contribution in [3.63, 3.8) is 0 Å². The van der Waals surface area contributed by atoms with Crippen LogP contribution >= 0.6 is 0 Å². The summed E-state index contributed by atoms with van der Waals surface area (Å²) in [5, 5.41) is 2.71. The van der Waals surface area contributed by atoms with Gasteiger partial charge in [0.2, 0.25) is 5.91 Å². The topological polar surface area (TPSA) is 47.6 Å². The van der Waals surface area contributed by atoms with E-state index in [0.717, 1.165) is 0 Å². The van der Waals surface area contributed by atoms with Crippen molar-refractivity contribution in [3.8, 4) is 11.5 Å². The number of hydrogen-bond acceptors (Lipinski definition) is 3. The number of carbonyl (C=O) groups excluding carboxylic acids is 1. The van der Waals surface area contributed by atoms with Crippen molar-refractivity contribution in [2.45, 2.75) is 13.3 Å². The van der Waals surface area contributed by atoms with E-state index in [2.05, 4.69) is 5.32 Å². The molecule has 16 heavy (non-hydrogen) atoms. The smallest absolute Gasteiger partial charge is 0.223 e. The van der Waals surface area contributed by atoms with E-state index >= 15 is 0 Å². The van der Waals surface area contributed by atoms with Gasteiger partial charge in [-0.25, -0.2) is 0 Å². The van der Waals surface area contributed by atoms with Gasteiger partial charge < -0.3 is 14.8 Å². The number of benzene rings is 1. The van der Waals surface area contributed by atoms with Crippen LogP contribution in [0.4, 0.5) is 0 Å². The first kappa shape index (κ1) is 12.4. The zero-order chi connectivity index (χ0) is 11.8. The fraction of sp³-hybridized carbons (Fsp3) is 0.417. The molecule has 0 atom stereocenters. The first-order valence-electron chi connectivity index (χ1n) is 5.30. The normalized spacial score (nSPS) is 9.62. The van der Waals surface area contributed by atoms with Crippen LogP contribution in [0.1, 0.15) is 13.3 Å². The number of methoxy groups -OCH3 is 1. The van der Waals surface area contributed by atoms with Crippen LogP contribution in [0.5, 0.6) is 11.5 Å². The zero-order valence-electron chi connectivity index (χ0n) is 9.66. The maximum Gasteiger partial charge on any atom is 0.223 e. The summed E-state index contributed by atoms with van der Waals surface area (Å²) < 4.78 is 10.6. The number of carbonyl (C=O) groups is 1. The minimum atomic E-state index is -0.00241. The molecule has 0 saturated heterocycles. The number of rotatable bonds is 6. The van der Waals surface area contributed by atoms with E-state index < -0.39 is 0 Å². The lowest BCUT2D eigenvalue weighted by Gasteiger charge is -2.09. The molecule has 0 unspecified atom stereocenters. The van der Waals surface area contributed by atoms with Crippen molar-refractivity contribution >= 4 is 5.91 Å². The van der Waals surface area contributed by atoms with Gasteiger partial charge in [-0.15, -0.1) is 0 Å². The average Bonchev–Trinajstić information content (AvgIpc) is 2.30. The molecule has 0 saturated carbocycles. The van der Waals surface area contributed by atoms with Gasteiger partial charge in [0.15, 0.2) is 11.5 Å². The van der Waals surface area contributed by atoms with Crippen molar-refractivity contribution in [2.24, 2.45) is 0 Å². The van der Waals surface area contributed by atoms with E-state index in [1.807, 2.05) is 31.2 Å². The van der Waals surface area contributed by atoms with Gasteiger partial charge in [0, 0.05) is 6.54 Å². The highest BCUT2D eigenvalue weighted by atomic mass is 16.5. The molecule has 4 heteroatoms. The monoisotopic (exact) mass is 223 g/mol. The fourth-order valence-electron chi connectivity index (χ4n) is 1.28. The Morgan fingerprint density at radius 2 is 2.00 bits per heavy atom. The number of ether oxygens (including phenoxy) is 2. The minimum Gasteiger partial charge on any atom is -0.493 e. The summed E-state index contributed by atoms with van der Waals surface area (Å²) in [5.41, 5.74) is 0. The third kappa shape index (κ3) is 3.81. The Balaban J connectivity index is 2.39. The Hall–Kier alpha value is -1.71. The van der Waals surface area contributed by atoms with Crippen LogP contribution in [0, 0.1) is 0 Å². The van der Waals surface area contributed by atoms with E-state index in [9.17, 15) is 4.79 Å². The SMILES string of the molecule is CCNC(=O)CCOc1ccccc1OC. The third-order valence-electron chi connectivity index (χ3n) is 2.03. The number of nitrogens with one attached hydrogen (secondary N) is 1. The van der Waals surface area contributed by atoms with E-state index in [4.69, 9.17) is 9.47 Å². The van der Waals surface area contributed by atoms with E-state index in [-0.39, 0.29) is 5.91 Å². The molecular formula is C12H17NO3. The molecule has 0 radical (unpaired) electrons. The van der Waals surface area contributed by atoms with E-state index in [1.54, 1.807) is 7.11 Å². The number of para-hydroxylation sites is 2. The van der Waals surface area contributed by atoms with Gasteiger partial charge in [-0.3, -0.25) is 4.79 Å². The first-order valence-corrected chi connectivity index (χ1v) is 5.30. The molecule has 0 aliphatic rings. The zero-order valence-corrected chi connectivity index (χ0v) is 9.66. The van der Waals surface area contributed by atoms with Gasteiger partial charge in [0.25, 0.3) is 0 Å². The van der Waals surface area contributed by atoms with Gasteiger partial charge in [0.05, 0.1) is 20.1 Å². The molecule has 0 aromatic heterocycles. The Morgan fingerprint density at radius 1 is 1.31 bits per heavy atom. The minimum absolute atomic E-state index is 0.00241. The number of hydrogen-bond donors (Lipinski definition) is 1. The van der Waals surface area contributed by atoms with Crippen molar-refractivity contribution in [3.05, 3.63) is 24.3 Å². The maximum absolute atomic E-state index is 11.2. The molecule has 1 N–H and O–H groups in total. The summed E-state index contributed by atoms with van der Waals surface area (Å²) in [6.45, 7) is 2.89. The summed E-state index contributed by atoms with van der Waals surface area (Å²) in [6.07, 6.45) is 0.353. The van der Waals surface area contributed by atoms with Crippen LogP contribution in [0.2, 0.25) is 0 Å². The fourth-order valence-corrected chi connectivity index (χ4v) is 1.28. The van der Waals surface area contributed by atoms with Crippen molar-refractivity contribution in [2.75, 3.05) is 20.3 Å². The van der Waals surface area contributed by atoms with Crippen LogP contribution in [0.3, 0.4) is 0 Å².